The number of benzene rings is 1. The van der Waals surface area contributed by atoms with E-state index in [4.69, 9.17) is 4.55 Å². The molecule has 4 nitrogen and oxygen atoms in total. The fraction of sp³-hybridized carbons (Fsp3) is 0.455. The van der Waals surface area contributed by atoms with Crippen molar-refractivity contribution in [2.75, 3.05) is 26.2 Å². The van der Waals surface area contributed by atoms with Gasteiger partial charge in [0.05, 0.1) is 0 Å². The summed E-state index contributed by atoms with van der Waals surface area (Å²) in [6.45, 7) is 3.95. The van der Waals surface area contributed by atoms with E-state index >= 15 is 0 Å². The fourth-order valence-electron chi connectivity index (χ4n) is 1.89. The molecule has 0 aromatic heterocycles. The van der Waals surface area contributed by atoms with Crippen molar-refractivity contribution in [1.82, 2.24) is 9.21 Å². The summed E-state index contributed by atoms with van der Waals surface area (Å²) in [6, 6.07) is 10.3. The highest BCUT2D eigenvalue weighted by atomic mass is 32.2. The Kier molecular flexibility index (Phi) is 4.06. The minimum absolute atomic E-state index is 0.663. The van der Waals surface area contributed by atoms with Gasteiger partial charge in [0.25, 0.3) is 0 Å². The molecule has 1 N–H and O–H groups in total. The van der Waals surface area contributed by atoms with Crippen LogP contribution >= 0.6 is 0 Å². The highest BCUT2D eigenvalue weighted by Gasteiger charge is 2.19. The zero-order valence-corrected chi connectivity index (χ0v) is 9.90. The van der Waals surface area contributed by atoms with Crippen molar-refractivity contribution in [2.45, 2.75) is 6.54 Å². The zero-order valence-electron chi connectivity index (χ0n) is 9.08. The molecule has 0 spiro atoms. The van der Waals surface area contributed by atoms with Crippen LogP contribution in [0.15, 0.2) is 30.3 Å². The van der Waals surface area contributed by atoms with Gasteiger partial charge >= 0.3 is 0 Å². The summed E-state index contributed by atoms with van der Waals surface area (Å²) in [6.07, 6.45) is 0. The van der Waals surface area contributed by atoms with E-state index in [1.54, 1.807) is 4.31 Å². The van der Waals surface area contributed by atoms with E-state index in [0.717, 1.165) is 19.6 Å². The van der Waals surface area contributed by atoms with Crippen molar-refractivity contribution in [1.29, 1.82) is 0 Å². The summed E-state index contributed by atoms with van der Waals surface area (Å²) < 4.78 is 21.4. The Morgan fingerprint density at radius 3 is 2.31 bits per heavy atom. The van der Waals surface area contributed by atoms with Gasteiger partial charge in [-0.3, -0.25) is 9.45 Å². The first-order chi connectivity index (χ1) is 7.75. The maximum absolute atomic E-state index is 10.8. The molecular formula is C11H16N2O2S. The third-order valence-corrected chi connectivity index (χ3v) is 3.61. The summed E-state index contributed by atoms with van der Waals surface area (Å²) >= 11 is -1.81. The van der Waals surface area contributed by atoms with Crippen LogP contribution in [0.5, 0.6) is 0 Å². The first-order valence-electron chi connectivity index (χ1n) is 5.38. The molecule has 1 aliphatic heterocycles. The molecule has 88 valence electrons. The normalized spacial score (nSPS) is 20.8. The first-order valence-corrected chi connectivity index (χ1v) is 6.44. The second-order valence-corrected chi connectivity index (χ2v) is 4.90. The topological polar surface area (TPSA) is 43.8 Å². The number of nitrogens with zero attached hydrogens (tertiary/aromatic N) is 2. The third kappa shape index (κ3) is 3.12. The maximum Gasteiger partial charge on any atom is 0.234 e. The number of hydrogen-bond acceptors (Lipinski definition) is 2. The van der Waals surface area contributed by atoms with Crippen LogP contribution in [0.1, 0.15) is 5.56 Å². The summed E-state index contributed by atoms with van der Waals surface area (Å²) in [4.78, 5) is 2.30. The predicted octanol–water partition coefficient (Wildman–Crippen LogP) is 0.941. The molecule has 1 heterocycles. The largest absolute Gasteiger partial charge is 0.296 e. The Hall–Kier alpha value is -0.750. The molecule has 0 aliphatic carbocycles. The molecule has 0 radical (unpaired) electrons. The average Bonchev–Trinajstić information content (AvgIpc) is 2.31. The van der Waals surface area contributed by atoms with E-state index in [1.807, 2.05) is 18.2 Å². The van der Waals surface area contributed by atoms with Crippen molar-refractivity contribution in [3.8, 4) is 0 Å². The lowest BCUT2D eigenvalue weighted by atomic mass is 10.2. The van der Waals surface area contributed by atoms with E-state index in [2.05, 4.69) is 17.0 Å². The molecule has 1 aliphatic rings. The highest BCUT2D eigenvalue weighted by Crippen LogP contribution is 2.08. The highest BCUT2D eigenvalue weighted by molar-refractivity contribution is 7.76. The van der Waals surface area contributed by atoms with Gasteiger partial charge in [-0.15, -0.1) is 0 Å². The van der Waals surface area contributed by atoms with Gasteiger partial charge in [0.15, 0.2) is 0 Å². The van der Waals surface area contributed by atoms with E-state index in [-0.39, 0.29) is 0 Å². The number of hydrogen-bond donors (Lipinski definition) is 1. The molecule has 2 rings (SSSR count). The maximum atomic E-state index is 10.8. The molecular weight excluding hydrogens is 224 g/mol. The van der Waals surface area contributed by atoms with Crippen LogP contribution in [-0.2, 0) is 17.8 Å². The van der Waals surface area contributed by atoms with E-state index in [0.29, 0.717) is 13.1 Å². The molecule has 1 aromatic rings. The summed E-state index contributed by atoms with van der Waals surface area (Å²) in [5, 5.41) is 0. The van der Waals surface area contributed by atoms with Gasteiger partial charge in [-0.25, -0.2) is 4.21 Å². The Balaban J connectivity index is 1.84. The minimum atomic E-state index is -1.81. The van der Waals surface area contributed by atoms with E-state index in [9.17, 15) is 4.21 Å². The number of rotatable bonds is 3. The van der Waals surface area contributed by atoms with Crippen LogP contribution in [0.2, 0.25) is 0 Å². The average molecular weight is 240 g/mol. The summed E-state index contributed by atoms with van der Waals surface area (Å²) in [7, 11) is 0. The lowest BCUT2D eigenvalue weighted by Crippen LogP contribution is -2.46. The SMILES string of the molecule is O=S(O)N1CCN(Cc2ccccc2)CC1. The zero-order chi connectivity index (χ0) is 11.4. The molecule has 0 saturated carbocycles. The van der Waals surface area contributed by atoms with Crippen LogP contribution in [0.4, 0.5) is 0 Å². The third-order valence-electron chi connectivity index (χ3n) is 2.80. The molecule has 1 atom stereocenters. The Bertz CT molecular complexity index is 350. The molecule has 0 amide bonds. The lowest BCUT2D eigenvalue weighted by Gasteiger charge is -2.32. The molecule has 1 saturated heterocycles. The molecule has 1 fully saturated rings. The molecule has 1 aromatic carbocycles. The molecule has 0 bridgehead atoms. The van der Waals surface area contributed by atoms with E-state index in [1.165, 1.54) is 5.56 Å². The van der Waals surface area contributed by atoms with Crippen molar-refractivity contribution in [2.24, 2.45) is 0 Å². The van der Waals surface area contributed by atoms with Gasteiger partial charge in [0.2, 0.25) is 11.3 Å². The second-order valence-electron chi connectivity index (χ2n) is 3.92. The van der Waals surface area contributed by atoms with Crippen LogP contribution < -0.4 is 0 Å². The summed E-state index contributed by atoms with van der Waals surface area (Å²) in [5.74, 6) is 0. The lowest BCUT2D eigenvalue weighted by molar-refractivity contribution is 0.180. The van der Waals surface area contributed by atoms with Gasteiger partial charge in [0.1, 0.15) is 0 Å². The smallest absolute Gasteiger partial charge is 0.234 e. The number of piperazine rings is 1. The van der Waals surface area contributed by atoms with Gasteiger partial charge in [-0.1, -0.05) is 30.3 Å². The van der Waals surface area contributed by atoms with Gasteiger partial charge < -0.3 is 0 Å². The fourth-order valence-corrected chi connectivity index (χ4v) is 2.36. The molecule has 5 heteroatoms. The Morgan fingerprint density at radius 1 is 1.12 bits per heavy atom. The van der Waals surface area contributed by atoms with Crippen LogP contribution in [0.25, 0.3) is 0 Å². The van der Waals surface area contributed by atoms with E-state index < -0.39 is 11.3 Å². The Labute approximate surface area is 98.3 Å². The van der Waals surface area contributed by atoms with Crippen molar-refractivity contribution < 1.29 is 8.76 Å². The minimum Gasteiger partial charge on any atom is -0.296 e. The van der Waals surface area contributed by atoms with Crippen molar-refractivity contribution in [3.63, 3.8) is 0 Å². The van der Waals surface area contributed by atoms with Crippen molar-refractivity contribution >= 4 is 11.3 Å². The summed E-state index contributed by atoms with van der Waals surface area (Å²) in [5.41, 5.74) is 1.29. The van der Waals surface area contributed by atoms with Crippen LogP contribution in [0, 0.1) is 0 Å². The van der Waals surface area contributed by atoms with Gasteiger partial charge in [0, 0.05) is 32.7 Å². The molecule has 1 unspecified atom stereocenters. The predicted molar refractivity (Wildman–Crippen MR) is 64.1 cm³/mol. The monoisotopic (exact) mass is 240 g/mol. The van der Waals surface area contributed by atoms with Gasteiger partial charge in [-0.05, 0) is 5.56 Å². The second kappa shape index (κ2) is 5.54. The Morgan fingerprint density at radius 2 is 1.75 bits per heavy atom. The quantitative estimate of drug-likeness (QED) is 0.800. The first kappa shape index (κ1) is 11.7. The van der Waals surface area contributed by atoms with Crippen molar-refractivity contribution in [3.05, 3.63) is 35.9 Å². The molecule has 16 heavy (non-hydrogen) atoms. The van der Waals surface area contributed by atoms with Crippen LogP contribution in [-0.4, -0.2) is 44.1 Å². The van der Waals surface area contributed by atoms with Crippen LogP contribution in [0.3, 0.4) is 0 Å². The standard InChI is InChI=1S/C11H16N2O2S/c14-16(15)13-8-6-12(7-9-13)10-11-4-2-1-3-5-11/h1-5H,6-10H2,(H,14,15). The van der Waals surface area contributed by atoms with Gasteiger partial charge in [-0.2, -0.15) is 4.31 Å².